The number of rotatable bonds is 7. The molecule has 5 heteroatoms. The van der Waals surface area contributed by atoms with Crippen molar-refractivity contribution in [1.82, 2.24) is 10.6 Å². The van der Waals surface area contributed by atoms with E-state index in [1.54, 1.807) is 6.26 Å². The van der Waals surface area contributed by atoms with Gasteiger partial charge in [-0.2, -0.15) is 0 Å². The van der Waals surface area contributed by atoms with E-state index in [4.69, 9.17) is 4.42 Å². The maximum absolute atomic E-state index is 10.4. The fourth-order valence-electron chi connectivity index (χ4n) is 3.31. The van der Waals surface area contributed by atoms with Gasteiger partial charge in [0.05, 0.1) is 18.9 Å². The fourth-order valence-corrected chi connectivity index (χ4v) is 3.31. The zero-order valence-electron chi connectivity index (χ0n) is 15.2. The molecule has 1 fully saturated rings. The summed E-state index contributed by atoms with van der Waals surface area (Å²) in [6.07, 6.45) is 8.13. The number of aliphatic imine (C=N–C) groups is 1. The van der Waals surface area contributed by atoms with Gasteiger partial charge < -0.3 is 20.2 Å². The molecule has 1 aliphatic rings. The standard InChI is InChI=1S/C21H29N3O2/c25-20(17-8-3-1-4-9-17)16-23-21(24-18-10-5-2-6-11-18)22-14-13-19-12-7-15-26-19/h1,3-4,7-9,12,15,18,20,25H,2,5-6,10-11,13-14,16H2,(H2,22,23,24). The van der Waals surface area contributed by atoms with Crippen LogP contribution in [0.25, 0.3) is 0 Å². The number of nitrogens with one attached hydrogen (secondary N) is 2. The molecule has 0 radical (unpaired) electrons. The molecule has 1 heterocycles. The lowest BCUT2D eigenvalue weighted by molar-refractivity contribution is 0.187. The van der Waals surface area contributed by atoms with Crippen LogP contribution in [-0.4, -0.2) is 30.2 Å². The molecule has 140 valence electrons. The van der Waals surface area contributed by atoms with Gasteiger partial charge in [-0.25, -0.2) is 0 Å². The molecular weight excluding hydrogens is 326 g/mol. The van der Waals surface area contributed by atoms with Gasteiger partial charge in [-0.1, -0.05) is 49.6 Å². The van der Waals surface area contributed by atoms with Gasteiger partial charge in [0.15, 0.2) is 5.96 Å². The molecule has 0 saturated heterocycles. The zero-order chi connectivity index (χ0) is 18.0. The molecule has 0 bridgehead atoms. The SMILES string of the molecule is OC(CN=C(NCCc1ccco1)NC1CCCCC1)c1ccccc1. The van der Waals surface area contributed by atoms with Crippen molar-refractivity contribution in [2.75, 3.05) is 13.1 Å². The first-order chi connectivity index (χ1) is 12.8. The van der Waals surface area contributed by atoms with Gasteiger partial charge in [-0.3, -0.25) is 4.99 Å². The lowest BCUT2D eigenvalue weighted by Gasteiger charge is -2.25. The van der Waals surface area contributed by atoms with Crippen LogP contribution < -0.4 is 10.6 Å². The highest BCUT2D eigenvalue weighted by Crippen LogP contribution is 2.17. The van der Waals surface area contributed by atoms with Crippen molar-refractivity contribution in [3.63, 3.8) is 0 Å². The number of nitrogens with zero attached hydrogens (tertiary/aromatic N) is 1. The summed E-state index contributed by atoms with van der Waals surface area (Å²) in [4.78, 5) is 4.63. The van der Waals surface area contributed by atoms with Crippen LogP contribution >= 0.6 is 0 Å². The van der Waals surface area contributed by atoms with Crippen LogP contribution in [0.4, 0.5) is 0 Å². The molecule has 26 heavy (non-hydrogen) atoms. The highest BCUT2D eigenvalue weighted by atomic mass is 16.3. The Balaban J connectivity index is 1.56. The number of furan rings is 1. The van der Waals surface area contributed by atoms with Crippen LogP contribution in [0.3, 0.4) is 0 Å². The van der Waals surface area contributed by atoms with Crippen molar-refractivity contribution in [3.8, 4) is 0 Å². The number of guanidine groups is 1. The van der Waals surface area contributed by atoms with E-state index in [0.717, 1.165) is 30.2 Å². The molecule has 1 atom stereocenters. The van der Waals surface area contributed by atoms with Crippen molar-refractivity contribution in [1.29, 1.82) is 0 Å². The molecule has 1 aromatic carbocycles. The second kappa shape index (κ2) is 10.0. The third-order valence-electron chi connectivity index (χ3n) is 4.80. The average Bonchev–Trinajstić information content (AvgIpc) is 3.21. The lowest BCUT2D eigenvalue weighted by Crippen LogP contribution is -2.45. The second-order valence-corrected chi connectivity index (χ2v) is 6.85. The second-order valence-electron chi connectivity index (χ2n) is 6.85. The summed E-state index contributed by atoms with van der Waals surface area (Å²) in [7, 11) is 0. The van der Waals surface area contributed by atoms with E-state index in [1.165, 1.54) is 32.1 Å². The van der Waals surface area contributed by atoms with Gasteiger partial charge in [0.2, 0.25) is 0 Å². The summed E-state index contributed by atoms with van der Waals surface area (Å²) >= 11 is 0. The molecule has 0 spiro atoms. The van der Waals surface area contributed by atoms with E-state index < -0.39 is 6.10 Å². The topological polar surface area (TPSA) is 69.8 Å². The Morgan fingerprint density at radius 3 is 2.65 bits per heavy atom. The van der Waals surface area contributed by atoms with E-state index in [2.05, 4.69) is 15.6 Å². The molecule has 1 saturated carbocycles. The summed E-state index contributed by atoms with van der Waals surface area (Å²) in [6, 6.07) is 14.0. The third-order valence-corrected chi connectivity index (χ3v) is 4.80. The van der Waals surface area contributed by atoms with Crippen LogP contribution in [0.5, 0.6) is 0 Å². The minimum atomic E-state index is -0.591. The highest BCUT2D eigenvalue weighted by Gasteiger charge is 2.15. The predicted octanol–water partition coefficient (Wildman–Crippen LogP) is 3.42. The Hall–Kier alpha value is -2.27. The first-order valence-corrected chi connectivity index (χ1v) is 9.61. The Kier molecular flexibility index (Phi) is 7.14. The average molecular weight is 355 g/mol. The molecule has 1 aromatic heterocycles. The summed E-state index contributed by atoms with van der Waals surface area (Å²) in [5, 5.41) is 17.3. The molecule has 5 nitrogen and oxygen atoms in total. The molecule has 3 rings (SSSR count). The van der Waals surface area contributed by atoms with Crippen LogP contribution in [0.1, 0.15) is 49.5 Å². The number of hydrogen-bond donors (Lipinski definition) is 3. The van der Waals surface area contributed by atoms with E-state index in [0.29, 0.717) is 12.6 Å². The van der Waals surface area contributed by atoms with Gasteiger partial charge in [0, 0.05) is 19.0 Å². The van der Waals surface area contributed by atoms with E-state index in [-0.39, 0.29) is 0 Å². The van der Waals surface area contributed by atoms with Gasteiger partial charge in [0.25, 0.3) is 0 Å². The first-order valence-electron chi connectivity index (χ1n) is 9.61. The van der Waals surface area contributed by atoms with Crippen LogP contribution in [0, 0.1) is 0 Å². The van der Waals surface area contributed by atoms with Crippen molar-refractivity contribution < 1.29 is 9.52 Å². The monoisotopic (exact) mass is 355 g/mol. The summed E-state index contributed by atoms with van der Waals surface area (Å²) in [5.74, 6) is 1.73. The minimum absolute atomic E-state index is 0.340. The smallest absolute Gasteiger partial charge is 0.191 e. The minimum Gasteiger partial charge on any atom is -0.469 e. The van der Waals surface area contributed by atoms with Crippen LogP contribution in [-0.2, 0) is 6.42 Å². The van der Waals surface area contributed by atoms with E-state index in [9.17, 15) is 5.11 Å². The van der Waals surface area contributed by atoms with Gasteiger partial charge in [-0.05, 0) is 30.5 Å². The van der Waals surface area contributed by atoms with Crippen molar-refractivity contribution in [2.45, 2.75) is 50.7 Å². The first kappa shape index (κ1) is 18.5. The Labute approximate surface area is 155 Å². The quantitative estimate of drug-likeness (QED) is 0.526. The highest BCUT2D eigenvalue weighted by molar-refractivity contribution is 5.80. The maximum Gasteiger partial charge on any atom is 0.191 e. The number of hydrogen-bond acceptors (Lipinski definition) is 3. The number of aliphatic hydroxyl groups is 1. The largest absolute Gasteiger partial charge is 0.469 e. The summed E-state index contributed by atoms with van der Waals surface area (Å²) in [5.41, 5.74) is 0.892. The zero-order valence-corrected chi connectivity index (χ0v) is 15.2. The molecule has 1 aliphatic carbocycles. The Morgan fingerprint density at radius 2 is 1.92 bits per heavy atom. The van der Waals surface area contributed by atoms with Crippen LogP contribution in [0.2, 0.25) is 0 Å². The van der Waals surface area contributed by atoms with Crippen LogP contribution in [0.15, 0.2) is 58.1 Å². The molecule has 1 unspecified atom stereocenters. The number of aliphatic hydroxyl groups excluding tert-OH is 1. The normalized spacial score (nSPS) is 17.0. The van der Waals surface area contributed by atoms with Gasteiger partial charge in [-0.15, -0.1) is 0 Å². The number of benzene rings is 1. The summed E-state index contributed by atoms with van der Waals surface area (Å²) in [6.45, 7) is 1.08. The van der Waals surface area contributed by atoms with Gasteiger partial charge >= 0.3 is 0 Å². The molecule has 0 amide bonds. The van der Waals surface area contributed by atoms with Crippen molar-refractivity contribution in [2.24, 2.45) is 4.99 Å². The molecule has 2 aromatic rings. The fraction of sp³-hybridized carbons (Fsp3) is 0.476. The van der Waals surface area contributed by atoms with E-state index in [1.807, 2.05) is 42.5 Å². The summed E-state index contributed by atoms with van der Waals surface area (Å²) < 4.78 is 5.38. The van der Waals surface area contributed by atoms with E-state index >= 15 is 0 Å². The van der Waals surface area contributed by atoms with Crippen molar-refractivity contribution in [3.05, 3.63) is 60.1 Å². The van der Waals surface area contributed by atoms with Gasteiger partial charge in [0.1, 0.15) is 5.76 Å². The predicted molar refractivity (Wildman–Crippen MR) is 104 cm³/mol. The Bertz CT molecular complexity index is 649. The van der Waals surface area contributed by atoms with Crippen molar-refractivity contribution >= 4 is 5.96 Å². The Morgan fingerprint density at radius 1 is 1.12 bits per heavy atom. The third kappa shape index (κ3) is 5.92. The maximum atomic E-state index is 10.4. The molecule has 0 aliphatic heterocycles. The molecular formula is C21H29N3O2. The lowest BCUT2D eigenvalue weighted by atomic mass is 9.96. The molecule has 3 N–H and O–H groups in total.